The summed E-state index contributed by atoms with van der Waals surface area (Å²) in [6.45, 7) is 0.612. The number of nitrogens with zero attached hydrogens (tertiary/aromatic N) is 3. The van der Waals surface area contributed by atoms with E-state index in [0.717, 1.165) is 6.42 Å². The fraction of sp³-hybridized carbons (Fsp3) is 0.160. The van der Waals surface area contributed by atoms with E-state index in [-0.39, 0.29) is 17.4 Å². The van der Waals surface area contributed by atoms with Crippen LogP contribution in [0.2, 0.25) is 0 Å². The SMILES string of the molecule is COc1cccc(NC(=O)CSc2nnc(-c3ccccc3O)n2CCc2ccccc2)c1. The molecule has 0 saturated carbocycles. The van der Waals surface area contributed by atoms with Crippen LogP contribution in [0.1, 0.15) is 5.56 Å². The largest absolute Gasteiger partial charge is 0.507 e. The van der Waals surface area contributed by atoms with Gasteiger partial charge in [-0.1, -0.05) is 60.3 Å². The predicted molar refractivity (Wildman–Crippen MR) is 130 cm³/mol. The maximum Gasteiger partial charge on any atom is 0.234 e. The van der Waals surface area contributed by atoms with Crippen LogP contribution in [-0.2, 0) is 17.8 Å². The average Bonchev–Trinajstić information content (AvgIpc) is 3.25. The van der Waals surface area contributed by atoms with E-state index < -0.39 is 0 Å². The van der Waals surface area contributed by atoms with Gasteiger partial charge in [-0.2, -0.15) is 0 Å². The summed E-state index contributed by atoms with van der Waals surface area (Å²) in [4.78, 5) is 12.5. The number of carbonyl (C=O) groups excluding carboxylic acids is 1. The smallest absolute Gasteiger partial charge is 0.234 e. The Bertz CT molecular complexity index is 1230. The number of nitrogens with one attached hydrogen (secondary N) is 1. The highest BCUT2D eigenvalue weighted by atomic mass is 32.2. The molecule has 168 valence electrons. The van der Waals surface area contributed by atoms with Crippen LogP contribution in [0, 0.1) is 0 Å². The second kappa shape index (κ2) is 10.7. The number of aromatic nitrogens is 3. The van der Waals surface area contributed by atoms with Crippen molar-refractivity contribution in [2.75, 3.05) is 18.2 Å². The summed E-state index contributed by atoms with van der Waals surface area (Å²) in [7, 11) is 1.58. The fourth-order valence-corrected chi connectivity index (χ4v) is 4.14. The van der Waals surface area contributed by atoms with Gasteiger partial charge in [-0.25, -0.2) is 0 Å². The molecule has 8 heteroatoms. The van der Waals surface area contributed by atoms with Crippen LogP contribution < -0.4 is 10.1 Å². The van der Waals surface area contributed by atoms with E-state index in [1.807, 2.05) is 53.1 Å². The number of ether oxygens (including phenoxy) is 1. The molecule has 0 atom stereocenters. The third kappa shape index (κ3) is 5.72. The van der Waals surface area contributed by atoms with E-state index in [2.05, 4.69) is 27.6 Å². The van der Waals surface area contributed by atoms with Gasteiger partial charge in [-0.05, 0) is 36.2 Å². The number of phenolic OH excluding ortho intramolecular Hbond substituents is 1. The van der Waals surface area contributed by atoms with Gasteiger partial charge in [0.15, 0.2) is 11.0 Å². The van der Waals surface area contributed by atoms with E-state index in [9.17, 15) is 9.90 Å². The molecule has 0 aliphatic heterocycles. The number of hydrogen-bond acceptors (Lipinski definition) is 6. The second-order valence-electron chi connectivity index (χ2n) is 7.28. The Morgan fingerprint density at radius 1 is 1.03 bits per heavy atom. The number of aryl methyl sites for hydroxylation is 1. The molecule has 3 aromatic carbocycles. The van der Waals surface area contributed by atoms with Gasteiger partial charge in [-0.3, -0.25) is 4.79 Å². The third-order valence-corrected chi connectivity index (χ3v) is 5.98. The van der Waals surface area contributed by atoms with Crippen molar-refractivity contribution in [3.63, 3.8) is 0 Å². The van der Waals surface area contributed by atoms with Crippen LogP contribution in [0.3, 0.4) is 0 Å². The summed E-state index contributed by atoms with van der Waals surface area (Å²) >= 11 is 1.31. The maximum absolute atomic E-state index is 12.5. The minimum Gasteiger partial charge on any atom is -0.507 e. The number of hydrogen-bond donors (Lipinski definition) is 2. The van der Waals surface area contributed by atoms with Crippen molar-refractivity contribution in [2.24, 2.45) is 0 Å². The molecule has 0 aliphatic rings. The maximum atomic E-state index is 12.5. The van der Waals surface area contributed by atoms with Crippen LogP contribution in [-0.4, -0.2) is 38.6 Å². The Kier molecular flexibility index (Phi) is 7.26. The molecule has 0 aliphatic carbocycles. The van der Waals surface area contributed by atoms with Gasteiger partial charge in [0.05, 0.1) is 18.4 Å². The summed E-state index contributed by atoms with van der Waals surface area (Å²) in [5, 5.41) is 22.5. The topological polar surface area (TPSA) is 89.3 Å². The predicted octanol–water partition coefficient (Wildman–Crippen LogP) is 4.63. The highest BCUT2D eigenvalue weighted by Crippen LogP contribution is 2.30. The monoisotopic (exact) mass is 460 g/mol. The molecule has 0 spiro atoms. The van der Waals surface area contributed by atoms with Gasteiger partial charge in [0.1, 0.15) is 11.5 Å². The molecule has 0 unspecified atom stereocenters. The first-order valence-corrected chi connectivity index (χ1v) is 11.4. The Hall–Kier alpha value is -3.78. The highest BCUT2D eigenvalue weighted by Gasteiger charge is 2.18. The molecule has 0 fully saturated rings. The average molecular weight is 461 g/mol. The zero-order chi connectivity index (χ0) is 23.0. The Morgan fingerprint density at radius 3 is 2.61 bits per heavy atom. The fourth-order valence-electron chi connectivity index (χ4n) is 3.37. The van der Waals surface area contributed by atoms with E-state index >= 15 is 0 Å². The number of benzene rings is 3. The minimum atomic E-state index is -0.157. The summed E-state index contributed by atoms with van der Waals surface area (Å²) in [5.41, 5.74) is 2.45. The number of carbonyl (C=O) groups is 1. The van der Waals surface area contributed by atoms with E-state index in [4.69, 9.17) is 4.74 Å². The molecule has 0 radical (unpaired) electrons. The first-order valence-electron chi connectivity index (χ1n) is 10.5. The first-order chi connectivity index (χ1) is 16.1. The van der Waals surface area contributed by atoms with Gasteiger partial charge in [0.25, 0.3) is 0 Å². The molecule has 4 aromatic rings. The lowest BCUT2D eigenvalue weighted by Gasteiger charge is -2.11. The lowest BCUT2D eigenvalue weighted by atomic mass is 10.1. The van der Waals surface area contributed by atoms with Gasteiger partial charge >= 0.3 is 0 Å². The first kappa shape index (κ1) is 22.4. The molecule has 33 heavy (non-hydrogen) atoms. The molecule has 4 rings (SSSR count). The van der Waals surface area contributed by atoms with Gasteiger partial charge in [0.2, 0.25) is 5.91 Å². The summed E-state index contributed by atoms with van der Waals surface area (Å²) in [5.74, 6) is 1.39. The molecule has 1 heterocycles. The number of amides is 1. The van der Waals surface area contributed by atoms with Crippen molar-refractivity contribution in [2.45, 2.75) is 18.1 Å². The van der Waals surface area contributed by atoms with Crippen molar-refractivity contribution in [1.82, 2.24) is 14.8 Å². The molecule has 7 nitrogen and oxygen atoms in total. The van der Waals surface area contributed by atoms with Crippen molar-refractivity contribution in [3.8, 4) is 22.9 Å². The molecule has 2 N–H and O–H groups in total. The lowest BCUT2D eigenvalue weighted by molar-refractivity contribution is -0.113. The lowest BCUT2D eigenvalue weighted by Crippen LogP contribution is -2.15. The zero-order valence-electron chi connectivity index (χ0n) is 18.1. The molecular weight excluding hydrogens is 436 g/mol. The minimum absolute atomic E-state index is 0.137. The Balaban J connectivity index is 1.51. The molecule has 1 aromatic heterocycles. The molecule has 0 saturated heterocycles. The van der Waals surface area contributed by atoms with E-state index in [1.165, 1.54) is 17.3 Å². The highest BCUT2D eigenvalue weighted by molar-refractivity contribution is 7.99. The van der Waals surface area contributed by atoms with Crippen LogP contribution in [0.4, 0.5) is 5.69 Å². The Labute approximate surface area is 196 Å². The van der Waals surface area contributed by atoms with Gasteiger partial charge in [-0.15, -0.1) is 10.2 Å². The standard InChI is InChI=1S/C25H24N4O3S/c1-32-20-11-7-10-19(16-20)26-23(31)17-33-25-28-27-24(21-12-5-6-13-22(21)30)29(25)15-14-18-8-3-2-4-9-18/h2-13,16,30H,14-15,17H2,1H3,(H,26,31). The van der Waals surface area contributed by atoms with E-state index in [1.54, 1.807) is 25.3 Å². The number of phenols is 1. The van der Waals surface area contributed by atoms with Crippen LogP contribution in [0.15, 0.2) is 84.0 Å². The van der Waals surface area contributed by atoms with Crippen LogP contribution in [0.25, 0.3) is 11.4 Å². The van der Waals surface area contributed by atoms with E-state index in [0.29, 0.717) is 34.5 Å². The van der Waals surface area contributed by atoms with Crippen molar-refractivity contribution < 1.29 is 14.6 Å². The van der Waals surface area contributed by atoms with Crippen molar-refractivity contribution in [3.05, 3.63) is 84.4 Å². The van der Waals surface area contributed by atoms with Crippen molar-refractivity contribution in [1.29, 1.82) is 0 Å². The quantitative estimate of drug-likeness (QED) is 0.354. The molecule has 0 bridgehead atoms. The Morgan fingerprint density at radius 2 is 1.82 bits per heavy atom. The van der Waals surface area contributed by atoms with Crippen LogP contribution >= 0.6 is 11.8 Å². The van der Waals surface area contributed by atoms with Crippen molar-refractivity contribution >= 4 is 23.4 Å². The summed E-state index contributed by atoms with van der Waals surface area (Å²) in [6, 6.07) is 24.4. The zero-order valence-corrected chi connectivity index (χ0v) is 19.0. The van der Waals surface area contributed by atoms with Crippen LogP contribution in [0.5, 0.6) is 11.5 Å². The molecule has 1 amide bonds. The second-order valence-corrected chi connectivity index (χ2v) is 8.22. The van der Waals surface area contributed by atoms with Gasteiger partial charge in [0, 0.05) is 18.3 Å². The number of anilines is 1. The number of aromatic hydroxyl groups is 1. The third-order valence-electron chi connectivity index (χ3n) is 5.01. The van der Waals surface area contributed by atoms with Gasteiger partial charge < -0.3 is 19.7 Å². The summed E-state index contributed by atoms with van der Waals surface area (Å²) < 4.78 is 7.15. The number of rotatable bonds is 9. The number of methoxy groups -OCH3 is 1. The molecular formula is C25H24N4O3S. The number of para-hydroxylation sites is 1. The summed E-state index contributed by atoms with van der Waals surface area (Å²) in [6.07, 6.45) is 0.767. The number of thioether (sulfide) groups is 1. The normalized spacial score (nSPS) is 10.7.